The summed E-state index contributed by atoms with van der Waals surface area (Å²) in [5.74, 6) is 5.89. The number of imide groups is 1. The van der Waals surface area contributed by atoms with Crippen LogP contribution in [0.25, 0.3) is 11.4 Å². The molecule has 2 aliphatic heterocycles. The molecule has 0 fully saturated rings. The molecule has 2 aliphatic rings. The van der Waals surface area contributed by atoms with E-state index in [0.717, 1.165) is 40.9 Å². The van der Waals surface area contributed by atoms with Crippen LogP contribution in [0, 0.1) is 0 Å². The van der Waals surface area contributed by atoms with Gasteiger partial charge in [-0.1, -0.05) is 85.6 Å². The first-order valence-corrected chi connectivity index (χ1v) is 19.6. The number of amides is 4. The monoisotopic (exact) mass is 760 g/mol. The van der Waals surface area contributed by atoms with E-state index in [4.69, 9.17) is 25.9 Å². The zero-order valence-corrected chi connectivity index (χ0v) is 31.1. The maximum absolute atomic E-state index is 13.8. The molecule has 0 radical (unpaired) electrons. The molecule has 0 saturated heterocycles. The summed E-state index contributed by atoms with van der Waals surface area (Å²) in [7, 11) is -2.33. The highest BCUT2D eigenvalue weighted by Crippen LogP contribution is 2.37. The Kier molecular flexibility index (Phi) is 14.6. The highest BCUT2D eigenvalue weighted by Gasteiger charge is 2.32. The number of nitrogens with one attached hydrogen (secondary N) is 1. The summed E-state index contributed by atoms with van der Waals surface area (Å²) >= 11 is 1.31. The molecule has 53 heavy (non-hydrogen) atoms. The first kappa shape index (κ1) is 39.6. The minimum absolute atomic E-state index is 0.0108. The van der Waals surface area contributed by atoms with Gasteiger partial charge in [-0.15, -0.1) is 11.8 Å². The van der Waals surface area contributed by atoms with Crippen molar-refractivity contribution in [2.75, 3.05) is 30.3 Å². The van der Waals surface area contributed by atoms with Gasteiger partial charge in [0.2, 0.25) is 11.8 Å². The Balaban J connectivity index is 1.14. The van der Waals surface area contributed by atoms with Crippen LogP contribution in [0.1, 0.15) is 60.8 Å². The summed E-state index contributed by atoms with van der Waals surface area (Å²) in [6.45, 7) is 0.961. The van der Waals surface area contributed by atoms with E-state index in [1.165, 1.54) is 17.8 Å². The molecule has 0 saturated carbocycles. The topological polar surface area (TPSA) is 192 Å². The second-order valence-corrected chi connectivity index (χ2v) is 14.4. The number of nitrogens with zero attached hydrogens (tertiary/aromatic N) is 3. The van der Waals surface area contributed by atoms with Gasteiger partial charge in [-0.05, 0) is 35.8 Å². The van der Waals surface area contributed by atoms with Gasteiger partial charge in [-0.25, -0.2) is 5.84 Å². The van der Waals surface area contributed by atoms with Crippen molar-refractivity contribution in [3.05, 3.63) is 112 Å². The van der Waals surface area contributed by atoms with Gasteiger partial charge in [0, 0.05) is 43.1 Å². The number of unbranched alkanes of at least 4 members (excludes halogenated alkanes) is 3. The van der Waals surface area contributed by atoms with Crippen LogP contribution in [0.15, 0.2) is 89.8 Å². The van der Waals surface area contributed by atoms with E-state index in [1.807, 2.05) is 78.9 Å². The molecular formula is C38H45N6O7PS. The van der Waals surface area contributed by atoms with Gasteiger partial charge in [0.15, 0.2) is 0 Å². The zero-order valence-electron chi connectivity index (χ0n) is 29.4. The van der Waals surface area contributed by atoms with Crippen molar-refractivity contribution < 1.29 is 33.5 Å². The van der Waals surface area contributed by atoms with Crippen LogP contribution in [0.4, 0.5) is 5.69 Å². The van der Waals surface area contributed by atoms with Crippen molar-refractivity contribution in [1.29, 1.82) is 0 Å². The summed E-state index contributed by atoms with van der Waals surface area (Å²) in [6.07, 6.45) is 4.46. The van der Waals surface area contributed by atoms with Crippen LogP contribution in [0.2, 0.25) is 0 Å². The number of fused-ring (bicyclic) bond motifs is 2. The van der Waals surface area contributed by atoms with E-state index in [9.17, 15) is 19.2 Å². The van der Waals surface area contributed by atoms with Crippen molar-refractivity contribution in [2.24, 2.45) is 11.6 Å². The fraction of sp³-hybridized carbons (Fsp3) is 0.316. The molecule has 4 amide bonds. The summed E-state index contributed by atoms with van der Waals surface area (Å²) in [5.41, 5.74) is 12.0. The average molecular weight is 761 g/mol. The summed E-state index contributed by atoms with van der Waals surface area (Å²) in [4.78, 5) is 72.5. The number of hydrogen-bond donors (Lipinski definition) is 5. The number of benzene rings is 3. The molecule has 5 rings (SSSR count). The molecule has 0 atom stereocenters. The van der Waals surface area contributed by atoms with E-state index in [2.05, 4.69) is 5.32 Å². The van der Waals surface area contributed by atoms with Gasteiger partial charge < -0.3 is 35.3 Å². The van der Waals surface area contributed by atoms with Crippen molar-refractivity contribution in [2.45, 2.75) is 51.6 Å². The number of rotatable bonds is 18. The van der Waals surface area contributed by atoms with Gasteiger partial charge in [0.05, 0.1) is 41.7 Å². The van der Waals surface area contributed by atoms with Crippen molar-refractivity contribution in [3.8, 4) is 0 Å². The number of anilines is 1. The third-order valence-electron chi connectivity index (χ3n) is 8.83. The zero-order chi connectivity index (χ0) is 37.7. The molecule has 0 unspecified atom stereocenters. The average Bonchev–Trinajstić information content (AvgIpc) is 3.41. The number of nitrogens with two attached hydrogens (primary N) is 2. The van der Waals surface area contributed by atoms with E-state index in [1.54, 1.807) is 9.91 Å². The highest BCUT2D eigenvalue weighted by atomic mass is 32.2. The summed E-state index contributed by atoms with van der Waals surface area (Å²) < 4.78 is 4.74. The predicted octanol–water partition coefficient (Wildman–Crippen LogP) is 4.36. The summed E-state index contributed by atoms with van der Waals surface area (Å²) in [5, 5.41) is 4.40. The number of hydrazine groups is 1. The molecule has 13 nitrogen and oxygen atoms in total. The molecule has 280 valence electrons. The Morgan fingerprint density at radius 3 is 2.38 bits per heavy atom. The Labute approximate surface area is 314 Å². The lowest BCUT2D eigenvalue weighted by Gasteiger charge is -2.33. The quantitative estimate of drug-likeness (QED) is 0.0407. The molecule has 0 aromatic heterocycles. The van der Waals surface area contributed by atoms with Crippen molar-refractivity contribution in [1.82, 2.24) is 15.2 Å². The fourth-order valence-electron chi connectivity index (χ4n) is 6.18. The lowest BCUT2D eigenvalue weighted by molar-refractivity contribution is -0.137. The predicted molar refractivity (Wildman–Crippen MR) is 207 cm³/mol. The Morgan fingerprint density at radius 2 is 1.60 bits per heavy atom. The van der Waals surface area contributed by atoms with E-state index >= 15 is 0 Å². The maximum Gasteiger partial charge on any atom is 0.327 e. The maximum atomic E-state index is 13.8. The Bertz CT molecular complexity index is 1840. The fourth-order valence-corrected chi connectivity index (χ4v) is 7.46. The molecular weight excluding hydrogens is 715 g/mol. The normalized spacial score (nSPS) is 15.5. The largest absolute Gasteiger partial charge is 0.396 e. The summed E-state index contributed by atoms with van der Waals surface area (Å²) in [6, 6.07) is 25.0. The smallest absolute Gasteiger partial charge is 0.327 e. The van der Waals surface area contributed by atoms with Gasteiger partial charge in [0.1, 0.15) is 0 Å². The number of para-hydroxylation sites is 1. The van der Waals surface area contributed by atoms with Crippen molar-refractivity contribution in [3.63, 3.8) is 0 Å². The first-order chi connectivity index (χ1) is 25.6. The van der Waals surface area contributed by atoms with E-state index in [0.29, 0.717) is 46.3 Å². The van der Waals surface area contributed by atoms with Gasteiger partial charge in [-0.2, -0.15) is 0 Å². The van der Waals surface area contributed by atoms with Crippen LogP contribution in [-0.2, 0) is 36.8 Å². The van der Waals surface area contributed by atoms with E-state index < -0.39 is 20.4 Å². The molecule has 0 spiro atoms. The number of hydrogen-bond acceptors (Lipinski definition) is 11. The standard InChI is InChI=1S/C38H45N6O7PS/c39-36-30-16-8-9-17-31(30)43(26-28-14-6-7-15-29(28)37(36)44(40)25-27-12-4-3-5-13-27)34(46)18-20-41-33(45)19-21-42-35(47)24-32(38(42)48)53-23-11-2-1-10-22-51-52(49)50/h3-9,12-17,24,49-50H,1-2,10-11,18-23,25-26,39-40H2,(H,41,45)/b37-36-. The molecule has 0 bridgehead atoms. The van der Waals surface area contributed by atoms with Crippen LogP contribution >= 0.6 is 20.4 Å². The minimum atomic E-state index is -2.33. The van der Waals surface area contributed by atoms with E-state index in [-0.39, 0.29) is 50.9 Å². The SMILES string of the molecule is N/C1=C(\N(N)Cc2ccccc2)c2ccccc2CN(C(=O)CCNC(=O)CCN2C(=O)C=C(SCCCCCCOP(O)O)C2=O)c2ccccc21. The minimum Gasteiger partial charge on any atom is -0.396 e. The third kappa shape index (κ3) is 10.8. The van der Waals surface area contributed by atoms with Crippen LogP contribution in [0.5, 0.6) is 0 Å². The highest BCUT2D eigenvalue weighted by molar-refractivity contribution is 8.04. The van der Waals surface area contributed by atoms with Gasteiger partial charge in [0.25, 0.3) is 11.8 Å². The molecule has 2 heterocycles. The van der Waals surface area contributed by atoms with Crippen molar-refractivity contribution >= 4 is 61.1 Å². The molecule has 3 aromatic carbocycles. The first-order valence-electron chi connectivity index (χ1n) is 17.5. The third-order valence-corrected chi connectivity index (χ3v) is 10.3. The Hall–Kier alpha value is -4.56. The van der Waals surface area contributed by atoms with Crippen LogP contribution < -0.4 is 21.8 Å². The second-order valence-electron chi connectivity index (χ2n) is 12.5. The number of carbonyl (C=O) groups excluding carboxylic acids is 4. The molecule has 15 heteroatoms. The molecule has 0 aliphatic carbocycles. The van der Waals surface area contributed by atoms with Gasteiger partial charge >= 0.3 is 8.60 Å². The number of carbonyl (C=O) groups is 4. The van der Waals surface area contributed by atoms with Crippen LogP contribution in [-0.4, -0.2) is 68.8 Å². The second kappa shape index (κ2) is 19.5. The van der Waals surface area contributed by atoms with Gasteiger partial charge in [-0.3, -0.25) is 24.1 Å². The lowest BCUT2D eigenvalue weighted by atomic mass is 9.95. The number of thioether (sulfide) groups is 1. The lowest BCUT2D eigenvalue weighted by Crippen LogP contribution is -2.38. The molecule has 3 aromatic rings. The molecule has 7 N–H and O–H groups in total. The Morgan fingerprint density at radius 1 is 0.906 bits per heavy atom. The van der Waals surface area contributed by atoms with Crippen LogP contribution in [0.3, 0.4) is 0 Å².